The Labute approximate surface area is 101 Å². The molecule has 0 heterocycles. The zero-order chi connectivity index (χ0) is 12.3. The summed E-state index contributed by atoms with van der Waals surface area (Å²) in [4.78, 5) is 11.4. The summed E-state index contributed by atoms with van der Waals surface area (Å²) in [6.07, 6.45) is 5.48. The first kappa shape index (κ1) is 12.0. The lowest BCUT2D eigenvalue weighted by atomic mass is 9.77. The molecule has 0 amide bonds. The van der Waals surface area contributed by atoms with Crippen LogP contribution < -0.4 is 0 Å². The van der Waals surface area contributed by atoms with Gasteiger partial charge in [0.2, 0.25) is 0 Å². The molecule has 0 unspecified atom stereocenters. The van der Waals surface area contributed by atoms with Crippen LogP contribution in [0.3, 0.4) is 0 Å². The van der Waals surface area contributed by atoms with Gasteiger partial charge < -0.3 is 10.2 Å². The van der Waals surface area contributed by atoms with Crippen LogP contribution in [0.1, 0.15) is 43.6 Å². The van der Waals surface area contributed by atoms with E-state index >= 15 is 0 Å². The number of hydrogen-bond acceptors (Lipinski definition) is 2. The molecule has 1 aromatic carbocycles. The monoisotopic (exact) mass is 234 g/mol. The molecule has 92 valence electrons. The van der Waals surface area contributed by atoms with Gasteiger partial charge in [-0.1, -0.05) is 31.4 Å². The minimum atomic E-state index is -0.748. The molecule has 1 fully saturated rings. The first-order chi connectivity index (χ1) is 8.18. The van der Waals surface area contributed by atoms with E-state index in [-0.39, 0.29) is 11.7 Å². The van der Waals surface area contributed by atoms with E-state index in [4.69, 9.17) is 0 Å². The van der Waals surface area contributed by atoms with Gasteiger partial charge in [-0.25, -0.2) is 0 Å². The Morgan fingerprint density at radius 3 is 2.24 bits per heavy atom. The van der Waals surface area contributed by atoms with Crippen LogP contribution in [0, 0.1) is 5.92 Å². The minimum Gasteiger partial charge on any atom is -0.508 e. The van der Waals surface area contributed by atoms with Gasteiger partial charge in [0.1, 0.15) is 5.75 Å². The molecular formula is C14H18O3. The molecule has 1 aromatic rings. The van der Waals surface area contributed by atoms with Crippen LogP contribution >= 0.6 is 0 Å². The van der Waals surface area contributed by atoms with Crippen molar-refractivity contribution in [2.75, 3.05) is 0 Å². The molecule has 1 atom stereocenters. The van der Waals surface area contributed by atoms with Crippen LogP contribution in [-0.2, 0) is 4.79 Å². The van der Waals surface area contributed by atoms with Crippen LogP contribution in [0.5, 0.6) is 5.75 Å². The number of aromatic hydroxyl groups is 1. The summed E-state index contributed by atoms with van der Waals surface area (Å²) >= 11 is 0. The number of hydrogen-bond donors (Lipinski definition) is 2. The SMILES string of the molecule is O=C(O)[C@@H](c1ccc(O)cc1)C1CCCCC1. The summed E-state index contributed by atoms with van der Waals surface area (Å²) in [7, 11) is 0. The molecule has 1 aliphatic carbocycles. The summed E-state index contributed by atoms with van der Waals surface area (Å²) in [5.74, 6) is -0.745. The van der Waals surface area contributed by atoms with Crippen molar-refractivity contribution < 1.29 is 15.0 Å². The first-order valence-corrected chi connectivity index (χ1v) is 6.20. The predicted molar refractivity (Wildman–Crippen MR) is 65.1 cm³/mol. The zero-order valence-electron chi connectivity index (χ0n) is 9.80. The number of benzene rings is 1. The molecule has 1 aliphatic rings. The number of carboxylic acids is 1. The van der Waals surface area contributed by atoms with E-state index in [1.54, 1.807) is 24.3 Å². The van der Waals surface area contributed by atoms with Crippen molar-refractivity contribution in [1.82, 2.24) is 0 Å². The van der Waals surface area contributed by atoms with Gasteiger partial charge in [0.25, 0.3) is 0 Å². The van der Waals surface area contributed by atoms with Crippen molar-refractivity contribution in [3.05, 3.63) is 29.8 Å². The van der Waals surface area contributed by atoms with E-state index in [2.05, 4.69) is 0 Å². The number of rotatable bonds is 3. The molecule has 0 saturated heterocycles. The number of carboxylic acid groups (broad SMARTS) is 1. The summed E-state index contributed by atoms with van der Waals surface area (Å²) in [5, 5.41) is 18.6. The molecule has 0 spiro atoms. The van der Waals surface area contributed by atoms with Gasteiger partial charge in [0.05, 0.1) is 5.92 Å². The van der Waals surface area contributed by atoms with Gasteiger partial charge in [0.15, 0.2) is 0 Å². The molecule has 1 saturated carbocycles. The fourth-order valence-corrected chi connectivity index (χ4v) is 2.77. The molecule has 3 nitrogen and oxygen atoms in total. The highest BCUT2D eigenvalue weighted by atomic mass is 16.4. The fourth-order valence-electron chi connectivity index (χ4n) is 2.77. The van der Waals surface area contributed by atoms with Crippen LogP contribution in [0.25, 0.3) is 0 Å². The normalized spacial score (nSPS) is 18.8. The molecule has 17 heavy (non-hydrogen) atoms. The first-order valence-electron chi connectivity index (χ1n) is 6.20. The Bertz CT molecular complexity index is 377. The second-order valence-electron chi connectivity index (χ2n) is 4.81. The Kier molecular flexibility index (Phi) is 3.67. The Morgan fingerprint density at radius 1 is 1.12 bits per heavy atom. The average molecular weight is 234 g/mol. The highest BCUT2D eigenvalue weighted by molar-refractivity contribution is 5.76. The van der Waals surface area contributed by atoms with E-state index in [0.717, 1.165) is 31.2 Å². The second-order valence-corrected chi connectivity index (χ2v) is 4.81. The molecular weight excluding hydrogens is 216 g/mol. The van der Waals surface area contributed by atoms with E-state index in [9.17, 15) is 15.0 Å². The molecule has 0 aliphatic heterocycles. The maximum Gasteiger partial charge on any atom is 0.311 e. The molecule has 2 N–H and O–H groups in total. The van der Waals surface area contributed by atoms with E-state index < -0.39 is 11.9 Å². The highest BCUT2D eigenvalue weighted by Gasteiger charge is 2.30. The average Bonchev–Trinajstić information content (AvgIpc) is 2.33. The van der Waals surface area contributed by atoms with Crippen molar-refractivity contribution in [1.29, 1.82) is 0 Å². The summed E-state index contributed by atoms with van der Waals surface area (Å²) < 4.78 is 0. The van der Waals surface area contributed by atoms with Crippen molar-refractivity contribution in [3.63, 3.8) is 0 Å². The fraction of sp³-hybridized carbons (Fsp3) is 0.500. The number of phenolic OH excluding ortho intramolecular Hbond substituents is 1. The zero-order valence-corrected chi connectivity index (χ0v) is 9.80. The maximum absolute atomic E-state index is 11.4. The van der Waals surface area contributed by atoms with Gasteiger partial charge in [-0.05, 0) is 36.5 Å². The minimum absolute atomic E-state index is 0.182. The molecule has 0 bridgehead atoms. The van der Waals surface area contributed by atoms with E-state index in [0.29, 0.717) is 0 Å². The summed E-state index contributed by atoms with van der Waals surface area (Å²) in [6.45, 7) is 0. The van der Waals surface area contributed by atoms with Crippen LogP contribution in [-0.4, -0.2) is 16.2 Å². The van der Waals surface area contributed by atoms with Gasteiger partial charge in [-0.2, -0.15) is 0 Å². The number of carbonyl (C=O) groups is 1. The molecule has 3 heteroatoms. The van der Waals surface area contributed by atoms with Crippen molar-refractivity contribution >= 4 is 5.97 Å². The number of phenols is 1. The van der Waals surface area contributed by atoms with E-state index in [1.807, 2.05) is 0 Å². The lowest BCUT2D eigenvalue weighted by Crippen LogP contribution is -2.23. The third-order valence-electron chi connectivity index (χ3n) is 3.64. The Morgan fingerprint density at radius 2 is 1.71 bits per heavy atom. The Balaban J connectivity index is 2.21. The maximum atomic E-state index is 11.4. The standard InChI is InChI=1S/C14H18O3/c15-12-8-6-11(7-9-12)13(14(16)17)10-4-2-1-3-5-10/h6-10,13,15H,1-5H2,(H,16,17)/t13-/m1/s1. The Hall–Kier alpha value is -1.51. The van der Waals surface area contributed by atoms with Crippen molar-refractivity contribution in [2.24, 2.45) is 5.92 Å². The van der Waals surface area contributed by atoms with Gasteiger partial charge in [-0.15, -0.1) is 0 Å². The van der Waals surface area contributed by atoms with Crippen LogP contribution in [0.2, 0.25) is 0 Å². The van der Waals surface area contributed by atoms with Gasteiger partial charge >= 0.3 is 5.97 Å². The predicted octanol–water partition coefficient (Wildman–Crippen LogP) is 3.14. The van der Waals surface area contributed by atoms with Gasteiger partial charge in [0, 0.05) is 0 Å². The molecule has 0 radical (unpaired) electrons. The smallest absolute Gasteiger partial charge is 0.311 e. The molecule has 0 aromatic heterocycles. The number of aliphatic carboxylic acids is 1. The largest absolute Gasteiger partial charge is 0.508 e. The third-order valence-corrected chi connectivity index (χ3v) is 3.64. The lowest BCUT2D eigenvalue weighted by Gasteiger charge is -2.27. The third kappa shape index (κ3) is 2.78. The topological polar surface area (TPSA) is 57.5 Å². The van der Waals surface area contributed by atoms with Crippen molar-refractivity contribution in [3.8, 4) is 5.75 Å². The van der Waals surface area contributed by atoms with Crippen molar-refractivity contribution in [2.45, 2.75) is 38.0 Å². The lowest BCUT2D eigenvalue weighted by molar-refractivity contribution is -0.140. The van der Waals surface area contributed by atoms with Crippen LogP contribution in [0.4, 0.5) is 0 Å². The molecule has 2 rings (SSSR count). The van der Waals surface area contributed by atoms with E-state index in [1.165, 1.54) is 6.42 Å². The highest BCUT2D eigenvalue weighted by Crippen LogP contribution is 2.36. The van der Waals surface area contributed by atoms with Gasteiger partial charge in [-0.3, -0.25) is 4.79 Å². The quantitative estimate of drug-likeness (QED) is 0.844. The van der Waals surface area contributed by atoms with Crippen LogP contribution in [0.15, 0.2) is 24.3 Å². The second kappa shape index (κ2) is 5.21. The summed E-state index contributed by atoms with van der Waals surface area (Å²) in [6, 6.07) is 6.58. The summed E-state index contributed by atoms with van der Waals surface area (Å²) in [5.41, 5.74) is 0.808.